The maximum absolute atomic E-state index is 8.81. The first-order valence-corrected chi connectivity index (χ1v) is 11.0. The molecule has 29 heavy (non-hydrogen) atoms. The standard InChI is InChI=1S/C18H23N.C5H12.C2H4O.CH5N/c1-4-14-17(10-11(2)13-8-9-13)12(3)15-6-5-7-16(15)18(14)19;1-4-5(2)3;1-2-3;1-2/h4,10,13H,1,5-9,19H2,2-3H3;5H,4H2,1-3H3;2H,1H3;2H2,1H3/b11-10+;;;. The Morgan fingerprint density at radius 2 is 1.66 bits per heavy atom. The highest BCUT2D eigenvalue weighted by Crippen LogP contribution is 2.41. The second kappa shape index (κ2) is 14.2. The zero-order valence-electron chi connectivity index (χ0n) is 19.9. The van der Waals surface area contributed by atoms with Gasteiger partial charge in [0.2, 0.25) is 0 Å². The predicted molar refractivity (Wildman–Crippen MR) is 131 cm³/mol. The van der Waals surface area contributed by atoms with E-state index in [1.165, 1.54) is 73.9 Å². The topological polar surface area (TPSA) is 69.1 Å². The van der Waals surface area contributed by atoms with Crippen molar-refractivity contribution in [1.29, 1.82) is 0 Å². The van der Waals surface area contributed by atoms with Crippen LogP contribution < -0.4 is 11.5 Å². The van der Waals surface area contributed by atoms with Crippen molar-refractivity contribution >= 4 is 24.1 Å². The molecule has 1 saturated carbocycles. The van der Waals surface area contributed by atoms with Crippen LogP contribution >= 0.6 is 0 Å². The van der Waals surface area contributed by atoms with Gasteiger partial charge < -0.3 is 16.3 Å². The van der Waals surface area contributed by atoms with Gasteiger partial charge in [-0.2, -0.15) is 0 Å². The van der Waals surface area contributed by atoms with Crippen molar-refractivity contribution in [1.82, 2.24) is 0 Å². The Kier molecular flexibility index (Phi) is 13.3. The molecule has 0 amide bonds. The molecule has 0 saturated heterocycles. The van der Waals surface area contributed by atoms with Crippen LogP contribution in [0.1, 0.15) is 88.1 Å². The molecule has 0 aromatic heterocycles. The fourth-order valence-electron chi connectivity index (χ4n) is 3.42. The van der Waals surface area contributed by atoms with Crippen LogP contribution in [0.2, 0.25) is 0 Å². The van der Waals surface area contributed by atoms with Gasteiger partial charge in [-0.1, -0.05) is 51.5 Å². The Balaban J connectivity index is 0.000000667. The third-order valence-electron chi connectivity index (χ3n) is 5.59. The van der Waals surface area contributed by atoms with Gasteiger partial charge in [0.15, 0.2) is 0 Å². The summed E-state index contributed by atoms with van der Waals surface area (Å²) in [6.45, 7) is 16.6. The summed E-state index contributed by atoms with van der Waals surface area (Å²) in [5, 5.41) is 0. The van der Waals surface area contributed by atoms with Crippen LogP contribution in [0.3, 0.4) is 0 Å². The fraction of sp³-hybridized carbons (Fsp3) is 0.577. The van der Waals surface area contributed by atoms with Crippen LogP contribution in [0, 0.1) is 18.8 Å². The number of nitrogens with two attached hydrogens (primary N) is 2. The number of aldehydes is 1. The average Bonchev–Trinajstić information content (AvgIpc) is 3.45. The minimum atomic E-state index is 0.750. The number of allylic oxidation sites excluding steroid dienone is 1. The summed E-state index contributed by atoms with van der Waals surface area (Å²) in [5.74, 6) is 1.70. The lowest BCUT2D eigenvalue weighted by molar-refractivity contribution is -0.106. The Hall–Kier alpha value is -1.87. The number of carbonyl (C=O) groups excluding carboxylic acids is 1. The van der Waals surface area contributed by atoms with E-state index in [1.54, 1.807) is 0 Å². The molecule has 4 N–H and O–H groups in total. The molecule has 164 valence electrons. The number of anilines is 1. The highest BCUT2D eigenvalue weighted by Gasteiger charge is 2.25. The Morgan fingerprint density at radius 1 is 1.17 bits per heavy atom. The average molecular weight is 401 g/mol. The summed E-state index contributed by atoms with van der Waals surface area (Å²) >= 11 is 0. The van der Waals surface area contributed by atoms with Crippen molar-refractivity contribution in [2.45, 2.75) is 80.1 Å². The van der Waals surface area contributed by atoms with Crippen molar-refractivity contribution in [3.63, 3.8) is 0 Å². The van der Waals surface area contributed by atoms with E-state index < -0.39 is 0 Å². The lowest BCUT2D eigenvalue weighted by Gasteiger charge is -2.17. The Labute approximate surface area is 179 Å². The van der Waals surface area contributed by atoms with E-state index in [4.69, 9.17) is 10.5 Å². The molecule has 0 aliphatic heterocycles. The SMILES string of the molecule is C=Cc1c(N)c2c(c(C)c1/C=C(\C)C1CC1)CCC2.CC=O.CCC(C)C.CN. The van der Waals surface area contributed by atoms with Crippen LogP contribution in [-0.2, 0) is 17.6 Å². The Morgan fingerprint density at radius 3 is 2.07 bits per heavy atom. The minimum absolute atomic E-state index is 0.750. The molecule has 0 heterocycles. The van der Waals surface area contributed by atoms with E-state index in [9.17, 15) is 0 Å². The van der Waals surface area contributed by atoms with Crippen LogP contribution in [0.4, 0.5) is 5.69 Å². The largest absolute Gasteiger partial charge is 0.398 e. The molecule has 1 aromatic rings. The summed E-state index contributed by atoms with van der Waals surface area (Å²) in [4.78, 5) is 8.81. The van der Waals surface area contributed by atoms with Crippen LogP contribution in [0.5, 0.6) is 0 Å². The van der Waals surface area contributed by atoms with E-state index in [-0.39, 0.29) is 0 Å². The first-order valence-electron chi connectivity index (χ1n) is 11.0. The molecule has 3 nitrogen and oxygen atoms in total. The van der Waals surface area contributed by atoms with Crippen molar-refractivity contribution in [2.75, 3.05) is 12.8 Å². The summed E-state index contributed by atoms with van der Waals surface area (Å²) in [7, 11) is 1.50. The number of hydrogen-bond acceptors (Lipinski definition) is 3. The Bertz CT molecular complexity index is 683. The van der Waals surface area contributed by atoms with Crippen molar-refractivity contribution in [3.8, 4) is 0 Å². The van der Waals surface area contributed by atoms with Gasteiger partial charge in [0.1, 0.15) is 6.29 Å². The first kappa shape index (κ1) is 27.1. The first-order chi connectivity index (χ1) is 13.8. The number of nitrogen functional groups attached to an aromatic ring is 1. The van der Waals surface area contributed by atoms with Crippen molar-refractivity contribution in [3.05, 3.63) is 40.0 Å². The monoisotopic (exact) mass is 400 g/mol. The molecule has 0 unspecified atom stereocenters. The summed E-state index contributed by atoms with van der Waals surface area (Å²) < 4.78 is 0. The molecule has 1 fully saturated rings. The third kappa shape index (κ3) is 8.18. The summed E-state index contributed by atoms with van der Waals surface area (Å²) in [6, 6.07) is 0. The number of rotatable bonds is 4. The van der Waals surface area contributed by atoms with E-state index in [1.807, 2.05) is 6.08 Å². The van der Waals surface area contributed by atoms with E-state index in [2.05, 4.69) is 53.0 Å². The molecule has 0 atom stereocenters. The molecule has 2 aliphatic carbocycles. The minimum Gasteiger partial charge on any atom is -0.398 e. The highest BCUT2D eigenvalue weighted by molar-refractivity contribution is 5.81. The highest BCUT2D eigenvalue weighted by atomic mass is 16.1. The summed E-state index contributed by atoms with van der Waals surface area (Å²) in [6.07, 6.45) is 12.6. The van der Waals surface area contributed by atoms with Gasteiger partial charge in [-0.15, -0.1) is 0 Å². The third-order valence-corrected chi connectivity index (χ3v) is 5.59. The number of carbonyl (C=O) groups is 1. The lowest BCUT2D eigenvalue weighted by atomic mass is 9.90. The normalized spacial score (nSPS) is 14.4. The zero-order valence-corrected chi connectivity index (χ0v) is 19.9. The molecule has 3 heteroatoms. The van der Waals surface area contributed by atoms with Crippen molar-refractivity contribution in [2.24, 2.45) is 17.6 Å². The summed E-state index contributed by atoms with van der Waals surface area (Å²) in [5.41, 5.74) is 20.1. The van der Waals surface area contributed by atoms with E-state index in [0.29, 0.717) is 0 Å². The molecule has 1 aromatic carbocycles. The molecule has 2 aliphatic rings. The van der Waals surface area contributed by atoms with Crippen LogP contribution in [-0.4, -0.2) is 13.3 Å². The quantitative estimate of drug-likeness (QED) is 0.456. The molecular weight excluding hydrogens is 356 g/mol. The molecule has 0 radical (unpaired) electrons. The number of hydrogen-bond donors (Lipinski definition) is 2. The predicted octanol–water partition coefficient (Wildman–Crippen LogP) is 6.35. The van der Waals surface area contributed by atoms with Crippen molar-refractivity contribution < 1.29 is 4.79 Å². The second-order valence-electron chi connectivity index (χ2n) is 8.08. The smallest absolute Gasteiger partial charge is 0.116 e. The van der Waals surface area contributed by atoms with E-state index in [0.717, 1.165) is 35.8 Å². The molecule has 0 bridgehead atoms. The van der Waals surface area contributed by atoms with Gasteiger partial charge in [-0.05, 0) is 94.0 Å². The zero-order chi connectivity index (χ0) is 22.6. The molecule has 3 rings (SSSR count). The van der Waals surface area contributed by atoms with Gasteiger partial charge in [0, 0.05) is 11.3 Å². The van der Waals surface area contributed by atoms with Crippen LogP contribution in [0.25, 0.3) is 12.2 Å². The second-order valence-corrected chi connectivity index (χ2v) is 8.08. The van der Waals surface area contributed by atoms with Gasteiger partial charge >= 0.3 is 0 Å². The molecule has 0 spiro atoms. The maximum atomic E-state index is 8.81. The molecular formula is C26H44N2O. The van der Waals surface area contributed by atoms with Gasteiger partial charge in [0.25, 0.3) is 0 Å². The maximum Gasteiger partial charge on any atom is 0.116 e. The van der Waals surface area contributed by atoms with Gasteiger partial charge in [-0.25, -0.2) is 0 Å². The van der Waals surface area contributed by atoms with Gasteiger partial charge in [0.05, 0.1) is 0 Å². The lowest BCUT2D eigenvalue weighted by Crippen LogP contribution is -2.03. The fourth-order valence-corrected chi connectivity index (χ4v) is 3.42. The van der Waals surface area contributed by atoms with E-state index >= 15 is 0 Å². The number of benzene rings is 1. The number of fused-ring (bicyclic) bond motifs is 1. The van der Waals surface area contributed by atoms with Crippen LogP contribution in [0.15, 0.2) is 12.2 Å². The van der Waals surface area contributed by atoms with Gasteiger partial charge in [-0.3, -0.25) is 0 Å².